The zero-order valence-electron chi connectivity index (χ0n) is 17.4. The molecule has 5 aromatic rings. The number of benzene rings is 3. The van der Waals surface area contributed by atoms with Crippen molar-refractivity contribution in [3.8, 4) is 5.69 Å². The summed E-state index contributed by atoms with van der Waals surface area (Å²) in [5, 5.41) is 7.04. The van der Waals surface area contributed by atoms with Crippen molar-refractivity contribution in [2.45, 2.75) is 13.8 Å². The van der Waals surface area contributed by atoms with Crippen molar-refractivity contribution in [1.82, 2.24) is 14.8 Å². The summed E-state index contributed by atoms with van der Waals surface area (Å²) in [6, 6.07) is 17.1. The van der Waals surface area contributed by atoms with Crippen LogP contribution in [0.4, 0.5) is 10.1 Å². The normalized spacial score (nSPS) is 11.2. The second-order valence-corrected chi connectivity index (χ2v) is 7.78. The zero-order valence-corrected chi connectivity index (χ0v) is 17.4. The second-order valence-electron chi connectivity index (χ2n) is 7.78. The Kier molecular flexibility index (Phi) is 4.59. The molecule has 2 N–H and O–H groups in total. The van der Waals surface area contributed by atoms with Crippen molar-refractivity contribution in [3.05, 3.63) is 99.7 Å². The van der Waals surface area contributed by atoms with Gasteiger partial charge in [0.2, 0.25) is 0 Å². The van der Waals surface area contributed by atoms with E-state index in [1.54, 1.807) is 37.4 Å². The molecule has 32 heavy (non-hydrogen) atoms. The smallest absolute Gasteiger partial charge is 0.280 e. The number of pyridine rings is 1. The Balaban J connectivity index is 1.59. The number of aromatic nitrogens is 3. The lowest BCUT2D eigenvalue weighted by molar-refractivity contribution is 0.102. The minimum atomic E-state index is -0.338. The van der Waals surface area contributed by atoms with Gasteiger partial charge in [-0.15, -0.1) is 0 Å². The van der Waals surface area contributed by atoms with Gasteiger partial charge in [-0.05, 0) is 67.9 Å². The lowest BCUT2D eigenvalue weighted by atomic mass is 10.1. The van der Waals surface area contributed by atoms with Crippen molar-refractivity contribution in [2.24, 2.45) is 0 Å². The second kappa shape index (κ2) is 7.46. The van der Waals surface area contributed by atoms with Crippen molar-refractivity contribution < 1.29 is 9.18 Å². The molecule has 1 amide bonds. The third-order valence-corrected chi connectivity index (χ3v) is 5.50. The summed E-state index contributed by atoms with van der Waals surface area (Å²) in [7, 11) is 0. The van der Waals surface area contributed by atoms with E-state index in [1.807, 2.05) is 31.2 Å². The SMILES string of the molecule is Cc1ccc(-n2[nH]c3c(cnc4ccc(C(=O)Nc5ccc(F)c(C)c5)cc43)c2=O)cc1. The molecule has 7 heteroatoms. The Morgan fingerprint density at radius 1 is 1.00 bits per heavy atom. The van der Waals surface area contributed by atoms with Gasteiger partial charge in [-0.3, -0.25) is 19.7 Å². The number of fused-ring (bicyclic) bond motifs is 3. The molecule has 0 aliphatic carbocycles. The number of aryl methyl sites for hydroxylation is 2. The van der Waals surface area contributed by atoms with E-state index in [2.05, 4.69) is 15.4 Å². The van der Waals surface area contributed by atoms with Crippen LogP contribution in [0.15, 0.2) is 71.7 Å². The molecular formula is C25H19FN4O2. The van der Waals surface area contributed by atoms with Crippen LogP contribution in [0.25, 0.3) is 27.5 Å². The highest BCUT2D eigenvalue weighted by molar-refractivity contribution is 6.10. The zero-order chi connectivity index (χ0) is 22.4. The first-order chi connectivity index (χ1) is 15.4. The van der Waals surface area contributed by atoms with Gasteiger partial charge in [0.25, 0.3) is 11.5 Å². The van der Waals surface area contributed by atoms with Gasteiger partial charge in [-0.1, -0.05) is 17.7 Å². The predicted octanol–water partition coefficient (Wildman–Crippen LogP) is 4.88. The highest BCUT2D eigenvalue weighted by Gasteiger charge is 2.14. The number of rotatable bonds is 3. The molecule has 0 bridgehead atoms. The molecule has 3 aromatic carbocycles. The number of hydrogen-bond donors (Lipinski definition) is 2. The van der Waals surface area contributed by atoms with Crippen LogP contribution < -0.4 is 10.9 Å². The average molecular weight is 426 g/mol. The Morgan fingerprint density at radius 2 is 1.78 bits per heavy atom. The number of halogens is 1. The van der Waals surface area contributed by atoms with Crippen LogP contribution in [0, 0.1) is 19.7 Å². The van der Waals surface area contributed by atoms with Crippen LogP contribution in [0.2, 0.25) is 0 Å². The summed E-state index contributed by atoms with van der Waals surface area (Å²) in [6.07, 6.45) is 1.54. The quantitative estimate of drug-likeness (QED) is 0.432. The fourth-order valence-corrected chi connectivity index (χ4v) is 3.70. The molecule has 0 spiro atoms. The summed E-state index contributed by atoms with van der Waals surface area (Å²) in [4.78, 5) is 30.2. The summed E-state index contributed by atoms with van der Waals surface area (Å²) in [6.45, 7) is 3.62. The van der Waals surface area contributed by atoms with E-state index in [0.717, 1.165) is 5.56 Å². The van der Waals surface area contributed by atoms with Gasteiger partial charge in [-0.2, -0.15) is 0 Å². The van der Waals surface area contributed by atoms with Crippen molar-refractivity contribution in [2.75, 3.05) is 5.32 Å². The standard InChI is InChI=1S/C25H19FN4O2/c1-14-3-7-18(8-4-14)30-25(32)20-13-27-22-10-5-16(12-19(22)23(20)29-30)24(31)28-17-6-9-21(26)15(2)11-17/h3-13,29H,1-2H3,(H,28,31). The lowest BCUT2D eigenvalue weighted by Crippen LogP contribution is -2.14. The maximum Gasteiger partial charge on any atom is 0.280 e. The van der Waals surface area contributed by atoms with E-state index in [1.165, 1.54) is 16.8 Å². The molecule has 158 valence electrons. The van der Waals surface area contributed by atoms with Crippen LogP contribution in [-0.2, 0) is 0 Å². The van der Waals surface area contributed by atoms with Gasteiger partial charge in [0.05, 0.1) is 22.1 Å². The third kappa shape index (κ3) is 3.33. The topological polar surface area (TPSA) is 79.8 Å². The average Bonchev–Trinajstić information content (AvgIpc) is 3.13. The number of carbonyl (C=O) groups excluding carboxylic acids is 1. The van der Waals surface area contributed by atoms with Crippen LogP contribution in [0.3, 0.4) is 0 Å². The van der Waals surface area contributed by atoms with Gasteiger partial charge >= 0.3 is 0 Å². The molecule has 2 aromatic heterocycles. The molecule has 0 radical (unpaired) electrons. The molecule has 0 aliphatic rings. The first kappa shape index (κ1) is 19.7. The number of nitrogens with one attached hydrogen (secondary N) is 2. The molecule has 6 nitrogen and oxygen atoms in total. The maximum absolute atomic E-state index is 13.5. The van der Waals surface area contributed by atoms with Gasteiger partial charge in [0.15, 0.2) is 0 Å². The molecule has 0 fully saturated rings. The van der Waals surface area contributed by atoms with Crippen LogP contribution >= 0.6 is 0 Å². The summed E-state index contributed by atoms with van der Waals surface area (Å²) in [5.74, 6) is -0.667. The van der Waals surface area contributed by atoms with E-state index in [4.69, 9.17) is 0 Å². The molecule has 0 unspecified atom stereocenters. The molecule has 0 atom stereocenters. The highest BCUT2D eigenvalue weighted by Crippen LogP contribution is 2.23. The molecule has 0 saturated carbocycles. The van der Waals surface area contributed by atoms with Crippen molar-refractivity contribution in [3.63, 3.8) is 0 Å². The van der Waals surface area contributed by atoms with Gasteiger partial charge in [0.1, 0.15) is 5.82 Å². The monoisotopic (exact) mass is 426 g/mol. The van der Waals surface area contributed by atoms with Crippen LogP contribution in [0.1, 0.15) is 21.5 Å². The van der Waals surface area contributed by atoms with Gasteiger partial charge in [0, 0.05) is 22.8 Å². The van der Waals surface area contributed by atoms with E-state index < -0.39 is 0 Å². The van der Waals surface area contributed by atoms with Crippen LogP contribution in [-0.4, -0.2) is 20.7 Å². The van der Waals surface area contributed by atoms with E-state index in [0.29, 0.717) is 44.3 Å². The fraction of sp³-hybridized carbons (Fsp3) is 0.0800. The van der Waals surface area contributed by atoms with Crippen molar-refractivity contribution in [1.29, 1.82) is 0 Å². The summed E-state index contributed by atoms with van der Waals surface area (Å²) in [5.41, 5.74) is 4.21. The summed E-state index contributed by atoms with van der Waals surface area (Å²) < 4.78 is 15.0. The Bertz CT molecular complexity index is 1570. The summed E-state index contributed by atoms with van der Waals surface area (Å²) >= 11 is 0. The first-order valence-electron chi connectivity index (χ1n) is 10.1. The number of H-pyrrole nitrogens is 1. The predicted molar refractivity (Wildman–Crippen MR) is 123 cm³/mol. The number of amides is 1. The number of hydrogen-bond acceptors (Lipinski definition) is 3. The third-order valence-electron chi connectivity index (χ3n) is 5.50. The minimum Gasteiger partial charge on any atom is -0.322 e. The molecular weight excluding hydrogens is 407 g/mol. The Morgan fingerprint density at radius 3 is 2.53 bits per heavy atom. The number of nitrogens with zero attached hydrogens (tertiary/aromatic N) is 2. The number of aromatic amines is 1. The Hall–Kier alpha value is -4.26. The molecule has 5 rings (SSSR count). The van der Waals surface area contributed by atoms with Crippen LogP contribution in [0.5, 0.6) is 0 Å². The molecule has 2 heterocycles. The highest BCUT2D eigenvalue weighted by atomic mass is 19.1. The van der Waals surface area contributed by atoms with Gasteiger partial charge < -0.3 is 5.32 Å². The minimum absolute atomic E-state index is 0.213. The van der Waals surface area contributed by atoms with E-state index in [9.17, 15) is 14.0 Å². The lowest BCUT2D eigenvalue weighted by Gasteiger charge is -2.08. The maximum atomic E-state index is 13.5. The fourth-order valence-electron chi connectivity index (χ4n) is 3.70. The van der Waals surface area contributed by atoms with E-state index >= 15 is 0 Å². The molecule has 0 saturated heterocycles. The van der Waals surface area contributed by atoms with Gasteiger partial charge in [-0.25, -0.2) is 9.07 Å². The first-order valence-corrected chi connectivity index (χ1v) is 10.1. The largest absolute Gasteiger partial charge is 0.322 e. The molecule has 0 aliphatic heterocycles. The number of anilines is 1. The van der Waals surface area contributed by atoms with E-state index in [-0.39, 0.29) is 17.3 Å². The van der Waals surface area contributed by atoms with Crippen molar-refractivity contribution >= 4 is 33.4 Å². The Labute approximate surface area is 182 Å². The number of carbonyl (C=O) groups is 1.